The average molecular weight is 399 g/mol. The zero-order chi connectivity index (χ0) is 19.9. The van der Waals surface area contributed by atoms with E-state index in [9.17, 15) is 4.79 Å². The van der Waals surface area contributed by atoms with Crippen molar-refractivity contribution >= 4 is 34.0 Å². The minimum absolute atomic E-state index is 0.195. The number of esters is 1. The van der Waals surface area contributed by atoms with Crippen molar-refractivity contribution in [2.75, 3.05) is 26.0 Å². The second-order valence-electron chi connectivity index (χ2n) is 6.72. The number of hydrogen-bond acceptors (Lipinski definition) is 7. The maximum Gasteiger partial charge on any atom is 0.305 e. The number of anilines is 1. The second kappa shape index (κ2) is 9.61. The van der Waals surface area contributed by atoms with E-state index in [1.165, 1.54) is 12.0 Å². The van der Waals surface area contributed by atoms with Gasteiger partial charge in [-0.15, -0.1) is 11.3 Å². The molecular weight excluding hydrogens is 372 g/mol. The van der Waals surface area contributed by atoms with Gasteiger partial charge in [-0.1, -0.05) is 18.2 Å². The Morgan fingerprint density at radius 1 is 1.25 bits per heavy atom. The number of hydrogen-bond donors (Lipinski definition) is 1. The van der Waals surface area contributed by atoms with E-state index in [0.29, 0.717) is 32.0 Å². The zero-order valence-corrected chi connectivity index (χ0v) is 17.3. The van der Waals surface area contributed by atoms with Crippen LogP contribution < -0.4 is 5.32 Å². The molecule has 1 atom stereocenters. The number of aromatic nitrogens is 2. The molecule has 28 heavy (non-hydrogen) atoms. The number of ether oxygens (including phenoxy) is 1. The van der Waals surface area contributed by atoms with E-state index in [0.717, 1.165) is 22.5 Å². The summed E-state index contributed by atoms with van der Waals surface area (Å²) in [5.41, 5.74) is 0.917. The molecule has 7 heteroatoms. The van der Waals surface area contributed by atoms with Gasteiger partial charge >= 0.3 is 5.97 Å². The van der Waals surface area contributed by atoms with Crippen molar-refractivity contribution in [1.82, 2.24) is 14.9 Å². The molecule has 3 aromatic rings. The lowest BCUT2D eigenvalue weighted by molar-refractivity contribution is -0.140. The van der Waals surface area contributed by atoms with Crippen molar-refractivity contribution in [3.8, 4) is 0 Å². The first-order chi connectivity index (χ1) is 13.6. The third-order valence-corrected chi connectivity index (χ3v) is 5.78. The predicted molar refractivity (Wildman–Crippen MR) is 113 cm³/mol. The van der Waals surface area contributed by atoms with E-state index in [4.69, 9.17) is 14.7 Å². The summed E-state index contributed by atoms with van der Waals surface area (Å²) in [6.07, 6.45) is 1.08. The Bertz CT molecular complexity index is 914. The summed E-state index contributed by atoms with van der Waals surface area (Å²) < 4.78 is 4.69. The topological polar surface area (TPSA) is 67.3 Å². The van der Waals surface area contributed by atoms with Gasteiger partial charge in [0.2, 0.25) is 0 Å². The van der Waals surface area contributed by atoms with Crippen LogP contribution in [0.4, 0.5) is 5.82 Å². The molecule has 0 saturated heterocycles. The molecule has 0 amide bonds. The lowest BCUT2D eigenvalue weighted by Gasteiger charge is -2.23. The number of nitrogens with zero attached hydrogens (tertiary/aromatic N) is 3. The number of methoxy groups -OCH3 is 1. The molecule has 0 spiro atoms. The summed E-state index contributed by atoms with van der Waals surface area (Å²) in [5, 5.41) is 6.45. The summed E-state index contributed by atoms with van der Waals surface area (Å²) in [6.45, 7) is 3.50. The molecule has 0 aliphatic rings. The Morgan fingerprint density at radius 2 is 2.07 bits per heavy atom. The van der Waals surface area contributed by atoms with Crippen LogP contribution in [-0.2, 0) is 16.1 Å². The Hall–Kier alpha value is -2.51. The number of fused-ring (bicyclic) bond motifs is 1. The minimum atomic E-state index is -0.195. The minimum Gasteiger partial charge on any atom is -0.469 e. The number of carbonyl (C=O) groups is 1. The number of nitrogens with one attached hydrogen (secondary N) is 1. The first-order valence-electron chi connectivity index (χ1n) is 9.38. The Balaban J connectivity index is 1.74. The van der Waals surface area contributed by atoms with Crippen LogP contribution in [0.1, 0.15) is 36.5 Å². The highest BCUT2D eigenvalue weighted by atomic mass is 32.1. The summed E-state index contributed by atoms with van der Waals surface area (Å²) in [7, 11) is 3.50. The van der Waals surface area contributed by atoms with Gasteiger partial charge in [0.05, 0.1) is 19.2 Å². The largest absolute Gasteiger partial charge is 0.469 e. The number of carbonyl (C=O) groups excluding carboxylic acids is 1. The molecule has 148 valence electrons. The fourth-order valence-electron chi connectivity index (χ4n) is 2.98. The summed E-state index contributed by atoms with van der Waals surface area (Å²) in [6, 6.07) is 12.5. The molecule has 0 fully saturated rings. The molecule has 0 bridgehead atoms. The van der Waals surface area contributed by atoms with Gasteiger partial charge in [0.15, 0.2) is 0 Å². The number of rotatable bonds is 9. The van der Waals surface area contributed by atoms with Gasteiger partial charge in [-0.25, -0.2) is 9.97 Å². The first-order valence-corrected chi connectivity index (χ1v) is 10.3. The van der Waals surface area contributed by atoms with Gasteiger partial charge in [0, 0.05) is 29.3 Å². The van der Waals surface area contributed by atoms with Crippen molar-refractivity contribution in [2.24, 2.45) is 0 Å². The number of thiophene rings is 1. The van der Waals surface area contributed by atoms with Crippen LogP contribution in [0.15, 0.2) is 41.8 Å². The van der Waals surface area contributed by atoms with Gasteiger partial charge < -0.3 is 10.1 Å². The fraction of sp³-hybridized carbons (Fsp3) is 0.381. The quantitative estimate of drug-likeness (QED) is 0.429. The van der Waals surface area contributed by atoms with E-state index in [2.05, 4.69) is 41.7 Å². The highest BCUT2D eigenvalue weighted by Crippen LogP contribution is 2.25. The smallest absolute Gasteiger partial charge is 0.305 e. The molecular formula is C21H26N4O2S. The van der Waals surface area contributed by atoms with Gasteiger partial charge in [0.1, 0.15) is 11.6 Å². The molecule has 1 unspecified atom stereocenters. The fourth-order valence-corrected chi connectivity index (χ4v) is 3.83. The number of para-hydroxylation sites is 1. The van der Waals surface area contributed by atoms with Crippen LogP contribution in [0.2, 0.25) is 0 Å². The van der Waals surface area contributed by atoms with E-state index in [-0.39, 0.29) is 5.97 Å². The number of benzene rings is 1. The van der Waals surface area contributed by atoms with Crippen molar-refractivity contribution in [1.29, 1.82) is 0 Å². The van der Waals surface area contributed by atoms with E-state index >= 15 is 0 Å². The van der Waals surface area contributed by atoms with Crippen LogP contribution in [0.3, 0.4) is 0 Å². The Morgan fingerprint density at radius 3 is 2.82 bits per heavy atom. The van der Waals surface area contributed by atoms with Crippen LogP contribution in [-0.4, -0.2) is 41.5 Å². The van der Waals surface area contributed by atoms with Crippen LogP contribution in [0.25, 0.3) is 10.9 Å². The summed E-state index contributed by atoms with van der Waals surface area (Å²) in [4.78, 5) is 24.4. The van der Waals surface area contributed by atoms with Gasteiger partial charge in [-0.3, -0.25) is 9.69 Å². The SMILES string of the molecule is COC(=O)CCCNc1nc(CN(C)C(C)c2cccs2)nc2ccccc12. The van der Waals surface area contributed by atoms with Crippen LogP contribution in [0, 0.1) is 0 Å². The van der Waals surface area contributed by atoms with Gasteiger partial charge in [0.25, 0.3) is 0 Å². The molecule has 1 N–H and O–H groups in total. The predicted octanol–water partition coefficient (Wildman–Crippen LogP) is 4.25. The lowest BCUT2D eigenvalue weighted by atomic mass is 10.2. The molecule has 0 saturated carbocycles. The van der Waals surface area contributed by atoms with Crippen molar-refractivity contribution < 1.29 is 9.53 Å². The maximum atomic E-state index is 11.3. The van der Waals surface area contributed by atoms with E-state index in [1.807, 2.05) is 24.3 Å². The van der Waals surface area contributed by atoms with Crippen molar-refractivity contribution in [3.05, 3.63) is 52.5 Å². The van der Waals surface area contributed by atoms with Crippen molar-refractivity contribution in [3.63, 3.8) is 0 Å². The normalized spacial score (nSPS) is 12.3. The Labute approximate surface area is 169 Å². The van der Waals surface area contributed by atoms with Gasteiger partial charge in [-0.2, -0.15) is 0 Å². The monoisotopic (exact) mass is 398 g/mol. The van der Waals surface area contributed by atoms with E-state index < -0.39 is 0 Å². The third kappa shape index (κ3) is 5.05. The molecule has 6 nitrogen and oxygen atoms in total. The zero-order valence-electron chi connectivity index (χ0n) is 16.5. The second-order valence-corrected chi connectivity index (χ2v) is 7.70. The molecule has 3 rings (SSSR count). The molecule has 0 radical (unpaired) electrons. The summed E-state index contributed by atoms with van der Waals surface area (Å²) >= 11 is 1.76. The first kappa shape index (κ1) is 20.2. The average Bonchev–Trinajstić information content (AvgIpc) is 3.25. The van der Waals surface area contributed by atoms with Crippen LogP contribution in [0.5, 0.6) is 0 Å². The van der Waals surface area contributed by atoms with Gasteiger partial charge in [-0.05, 0) is 44.0 Å². The highest BCUT2D eigenvalue weighted by molar-refractivity contribution is 7.10. The molecule has 0 aliphatic heterocycles. The molecule has 1 aromatic carbocycles. The highest BCUT2D eigenvalue weighted by Gasteiger charge is 2.15. The molecule has 2 aromatic heterocycles. The molecule has 0 aliphatic carbocycles. The third-order valence-electron chi connectivity index (χ3n) is 4.73. The lowest BCUT2D eigenvalue weighted by Crippen LogP contribution is -2.23. The maximum absolute atomic E-state index is 11.3. The van der Waals surface area contributed by atoms with Crippen LogP contribution >= 0.6 is 11.3 Å². The molecule has 2 heterocycles. The standard InChI is InChI=1S/C21H26N4O2S/c1-15(18-10-7-13-28-18)25(2)14-19-23-17-9-5-4-8-16(17)21(24-19)22-12-6-11-20(26)27-3/h4-5,7-10,13,15H,6,11-12,14H2,1-3H3,(H,22,23,24). The Kier molecular flexibility index (Phi) is 6.95. The summed E-state index contributed by atoms with van der Waals surface area (Å²) in [5.74, 6) is 1.39. The van der Waals surface area contributed by atoms with E-state index in [1.54, 1.807) is 11.3 Å². The van der Waals surface area contributed by atoms with Crippen molar-refractivity contribution in [2.45, 2.75) is 32.4 Å².